The number of rotatable bonds is 8. The third kappa shape index (κ3) is 4.07. The molecule has 3 aromatic rings. The first-order chi connectivity index (χ1) is 12.6. The van der Waals surface area contributed by atoms with E-state index in [4.69, 9.17) is 0 Å². The molecule has 2 unspecified atom stereocenters. The van der Waals surface area contributed by atoms with E-state index in [9.17, 15) is 0 Å². The number of hydrogen-bond donors (Lipinski definition) is 0. The summed E-state index contributed by atoms with van der Waals surface area (Å²) in [4.78, 5) is 0. The maximum Gasteiger partial charge on any atom is 0.243 e. The molecular formula is C24H31N2+. The van der Waals surface area contributed by atoms with Crippen molar-refractivity contribution in [1.82, 2.24) is 4.57 Å². The van der Waals surface area contributed by atoms with Gasteiger partial charge in [0.2, 0.25) is 6.33 Å². The van der Waals surface area contributed by atoms with Gasteiger partial charge in [0, 0.05) is 5.41 Å². The normalized spacial score (nSPS) is 14.7. The van der Waals surface area contributed by atoms with E-state index < -0.39 is 0 Å². The zero-order valence-corrected chi connectivity index (χ0v) is 16.3. The molecule has 2 aromatic carbocycles. The van der Waals surface area contributed by atoms with Crippen molar-refractivity contribution in [3.63, 3.8) is 0 Å². The number of aromatic nitrogens is 2. The first-order valence-electron chi connectivity index (χ1n) is 9.79. The van der Waals surface area contributed by atoms with Crippen molar-refractivity contribution in [2.45, 2.75) is 58.0 Å². The van der Waals surface area contributed by atoms with Crippen molar-refractivity contribution in [3.8, 4) is 0 Å². The van der Waals surface area contributed by atoms with Crippen LogP contribution in [0.1, 0.15) is 50.8 Å². The summed E-state index contributed by atoms with van der Waals surface area (Å²) in [5, 5.41) is 0. The molecule has 0 aliphatic rings. The van der Waals surface area contributed by atoms with E-state index in [2.05, 4.69) is 109 Å². The molecule has 2 atom stereocenters. The second-order valence-electron chi connectivity index (χ2n) is 7.57. The fraction of sp³-hybridized carbons (Fsp3) is 0.375. The molecule has 0 saturated carbocycles. The summed E-state index contributed by atoms with van der Waals surface area (Å²) in [6.45, 7) is 8.08. The molecule has 0 bridgehead atoms. The molecule has 1 aromatic heterocycles. The molecule has 0 N–H and O–H groups in total. The number of imidazole rings is 1. The molecule has 136 valence electrons. The fourth-order valence-electron chi connectivity index (χ4n) is 3.77. The summed E-state index contributed by atoms with van der Waals surface area (Å²) >= 11 is 0. The highest BCUT2D eigenvalue weighted by atomic mass is 15.1. The van der Waals surface area contributed by atoms with Crippen LogP contribution in [0.3, 0.4) is 0 Å². The van der Waals surface area contributed by atoms with Gasteiger partial charge >= 0.3 is 0 Å². The molecule has 0 saturated heterocycles. The van der Waals surface area contributed by atoms with Gasteiger partial charge in [-0.1, -0.05) is 80.9 Å². The lowest BCUT2D eigenvalue weighted by molar-refractivity contribution is -0.697. The van der Waals surface area contributed by atoms with Crippen LogP contribution in [-0.2, 0) is 18.4 Å². The van der Waals surface area contributed by atoms with E-state index >= 15 is 0 Å². The Morgan fingerprint density at radius 2 is 1.65 bits per heavy atom. The molecule has 3 rings (SSSR count). The summed E-state index contributed by atoms with van der Waals surface area (Å²) in [6.07, 6.45) is 10.2. The van der Waals surface area contributed by atoms with Crippen molar-refractivity contribution < 1.29 is 4.57 Å². The smallest absolute Gasteiger partial charge is 0.237 e. The van der Waals surface area contributed by atoms with Gasteiger partial charge in [-0.05, 0) is 30.9 Å². The van der Waals surface area contributed by atoms with Crippen LogP contribution in [0.15, 0.2) is 79.4 Å². The minimum absolute atomic E-state index is 0.0181. The van der Waals surface area contributed by atoms with Gasteiger partial charge in [-0.25, -0.2) is 9.13 Å². The Morgan fingerprint density at radius 1 is 1.00 bits per heavy atom. The quantitative estimate of drug-likeness (QED) is 0.487. The van der Waals surface area contributed by atoms with Gasteiger partial charge in [-0.2, -0.15) is 0 Å². The zero-order chi connectivity index (χ0) is 18.4. The summed E-state index contributed by atoms with van der Waals surface area (Å²) < 4.78 is 4.69. The average Bonchev–Trinajstić information content (AvgIpc) is 3.16. The van der Waals surface area contributed by atoms with Gasteiger partial charge in [0.05, 0.1) is 6.54 Å². The predicted molar refractivity (Wildman–Crippen MR) is 108 cm³/mol. The maximum atomic E-state index is 2.40. The lowest BCUT2D eigenvalue weighted by Gasteiger charge is -2.34. The molecule has 0 spiro atoms. The third-order valence-corrected chi connectivity index (χ3v) is 5.70. The van der Waals surface area contributed by atoms with E-state index in [1.807, 2.05) is 0 Å². The van der Waals surface area contributed by atoms with Crippen LogP contribution in [0.4, 0.5) is 0 Å². The first kappa shape index (κ1) is 18.4. The van der Waals surface area contributed by atoms with Gasteiger partial charge in [0.25, 0.3) is 0 Å². The molecular weight excluding hydrogens is 316 g/mol. The van der Waals surface area contributed by atoms with Crippen LogP contribution in [0.5, 0.6) is 0 Å². The Morgan fingerprint density at radius 3 is 2.31 bits per heavy atom. The third-order valence-electron chi connectivity index (χ3n) is 5.70. The maximum absolute atomic E-state index is 2.40. The minimum atomic E-state index is 0.0181. The Hall–Kier alpha value is -2.35. The number of hydrogen-bond acceptors (Lipinski definition) is 0. The van der Waals surface area contributed by atoms with Crippen LogP contribution in [0.2, 0.25) is 0 Å². The Balaban J connectivity index is 1.93. The molecule has 0 amide bonds. The second kappa shape index (κ2) is 8.35. The van der Waals surface area contributed by atoms with Crippen LogP contribution < -0.4 is 4.57 Å². The summed E-state index contributed by atoms with van der Waals surface area (Å²) in [5.41, 5.74) is 2.80. The van der Waals surface area contributed by atoms with E-state index in [0.29, 0.717) is 6.04 Å². The van der Waals surface area contributed by atoms with Crippen LogP contribution >= 0.6 is 0 Å². The average molecular weight is 348 g/mol. The highest BCUT2D eigenvalue weighted by Crippen LogP contribution is 2.38. The van der Waals surface area contributed by atoms with Gasteiger partial charge in [0.1, 0.15) is 18.4 Å². The Kier molecular flexibility index (Phi) is 5.92. The second-order valence-corrected chi connectivity index (χ2v) is 7.57. The minimum Gasteiger partial charge on any atom is -0.237 e. The number of unbranched alkanes of at least 4 members (excludes halogenated alkanes) is 1. The topological polar surface area (TPSA) is 8.81 Å². The standard InChI is InChI=1S/C24H31N2/c1-4-5-16-25-17-18-26(20-25)21(2)24(3,23-14-10-7-11-15-23)19-22-12-8-6-9-13-22/h6-15,17-18,20-21H,4-5,16,19H2,1-3H3/q+1. The van der Waals surface area contributed by atoms with Crippen molar-refractivity contribution in [2.75, 3.05) is 0 Å². The molecule has 26 heavy (non-hydrogen) atoms. The van der Waals surface area contributed by atoms with E-state index in [1.54, 1.807) is 0 Å². The van der Waals surface area contributed by atoms with Crippen LogP contribution in [0.25, 0.3) is 0 Å². The largest absolute Gasteiger partial charge is 0.243 e. The number of nitrogens with zero attached hydrogens (tertiary/aromatic N) is 2. The van der Waals surface area contributed by atoms with E-state index in [1.165, 1.54) is 24.0 Å². The summed E-state index contributed by atoms with van der Waals surface area (Å²) in [6, 6.07) is 22.2. The van der Waals surface area contributed by atoms with Gasteiger partial charge in [-0.15, -0.1) is 0 Å². The summed E-state index contributed by atoms with van der Waals surface area (Å²) in [5.74, 6) is 0. The molecule has 2 heteroatoms. The monoisotopic (exact) mass is 347 g/mol. The molecule has 0 radical (unpaired) electrons. The van der Waals surface area contributed by atoms with Crippen molar-refractivity contribution in [2.24, 2.45) is 0 Å². The number of benzene rings is 2. The van der Waals surface area contributed by atoms with Crippen molar-refractivity contribution >= 4 is 0 Å². The highest BCUT2D eigenvalue weighted by Gasteiger charge is 2.37. The summed E-state index contributed by atoms with van der Waals surface area (Å²) in [7, 11) is 0. The molecule has 0 fully saturated rings. The molecule has 1 heterocycles. The Bertz CT molecular complexity index is 791. The van der Waals surface area contributed by atoms with Gasteiger partial charge in [-0.3, -0.25) is 0 Å². The lowest BCUT2D eigenvalue weighted by Crippen LogP contribution is -2.36. The molecule has 2 nitrogen and oxygen atoms in total. The fourth-order valence-corrected chi connectivity index (χ4v) is 3.77. The lowest BCUT2D eigenvalue weighted by atomic mass is 9.72. The number of aryl methyl sites for hydroxylation is 1. The van der Waals surface area contributed by atoms with Crippen LogP contribution in [0, 0.1) is 0 Å². The Labute approximate surface area is 158 Å². The van der Waals surface area contributed by atoms with Crippen molar-refractivity contribution in [1.29, 1.82) is 0 Å². The SMILES string of the molecule is CCCC[n+]1ccn(C(C)C(C)(Cc2ccccc2)c2ccccc2)c1. The van der Waals surface area contributed by atoms with E-state index in [0.717, 1.165) is 13.0 Å². The molecule has 0 aliphatic heterocycles. The van der Waals surface area contributed by atoms with Gasteiger partial charge < -0.3 is 0 Å². The predicted octanol–water partition coefficient (Wildman–Crippen LogP) is 5.34. The molecule has 0 aliphatic carbocycles. The van der Waals surface area contributed by atoms with Crippen molar-refractivity contribution in [3.05, 3.63) is 90.5 Å². The first-order valence-corrected chi connectivity index (χ1v) is 9.79. The van der Waals surface area contributed by atoms with Crippen LogP contribution in [-0.4, -0.2) is 4.57 Å². The van der Waals surface area contributed by atoms with E-state index in [-0.39, 0.29) is 5.41 Å². The zero-order valence-electron chi connectivity index (χ0n) is 16.3. The van der Waals surface area contributed by atoms with Gasteiger partial charge in [0.15, 0.2) is 0 Å². The highest BCUT2D eigenvalue weighted by molar-refractivity contribution is 5.30.